The van der Waals surface area contributed by atoms with Crippen molar-refractivity contribution in [1.29, 1.82) is 0 Å². The number of aromatic nitrogens is 2. The third-order valence-electron chi connectivity index (χ3n) is 2.45. The monoisotopic (exact) mass is 216 g/mol. The average Bonchev–Trinajstić information content (AvgIpc) is 2.61. The fraction of sp³-hybridized carbons (Fsp3) is 0.167. The van der Waals surface area contributed by atoms with Gasteiger partial charge in [0.2, 0.25) is 0 Å². The number of aromatic carboxylic acids is 1. The van der Waals surface area contributed by atoms with Gasteiger partial charge in [-0.15, -0.1) is 0 Å². The highest BCUT2D eigenvalue weighted by atomic mass is 16.4. The lowest BCUT2D eigenvalue weighted by Gasteiger charge is -1.96. The summed E-state index contributed by atoms with van der Waals surface area (Å²) in [6.45, 7) is 2.00. The number of hydrogen-bond acceptors (Lipinski definition) is 2. The molecule has 2 aromatic rings. The zero-order chi connectivity index (χ0) is 11.7. The molecule has 0 aliphatic heterocycles. The van der Waals surface area contributed by atoms with Crippen molar-refractivity contribution in [2.45, 2.75) is 6.92 Å². The predicted octanol–water partition coefficient (Wildman–Crippen LogP) is 2.09. The third kappa shape index (κ3) is 1.82. The van der Waals surface area contributed by atoms with E-state index in [1.807, 2.05) is 31.2 Å². The SMILES string of the molecule is Cc1ccc(-c2cc(C(=O)O)n(C)n2)cc1. The van der Waals surface area contributed by atoms with Gasteiger partial charge in [0.15, 0.2) is 0 Å². The highest BCUT2D eigenvalue weighted by Gasteiger charge is 2.12. The standard InChI is InChI=1S/C12H12N2O2/c1-8-3-5-9(6-4-8)10-7-11(12(15)16)14(2)13-10/h3-7H,1-2H3,(H,15,16). The van der Waals surface area contributed by atoms with Gasteiger partial charge >= 0.3 is 5.97 Å². The zero-order valence-electron chi connectivity index (χ0n) is 9.14. The molecule has 1 aromatic carbocycles. The van der Waals surface area contributed by atoms with E-state index in [0.717, 1.165) is 11.1 Å². The summed E-state index contributed by atoms with van der Waals surface area (Å²) in [6.07, 6.45) is 0. The van der Waals surface area contributed by atoms with Crippen LogP contribution < -0.4 is 0 Å². The molecule has 0 bridgehead atoms. The van der Waals surface area contributed by atoms with E-state index < -0.39 is 5.97 Å². The fourth-order valence-electron chi connectivity index (χ4n) is 1.53. The molecule has 0 aliphatic rings. The van der Waals surface area contributed by atoms with Crippen LogP contribution in [0.2, 0.25) is 0 Å². The first-order valence-corrected chi connectivity index (χ1v) is 4.92. The molecule has 0 radical (unpaired) electrons. The molecule has 82 valence electrons. The van der Waals surface area contributed by atoms with Crippen LogP contribution in [-0.4, -0.2) is 20.9 Å². The van der Waals surface area contributed by atoms with Crippen molar-refractivity contribution in [3.8, 4) is 11.3 Å². The topological polar surface area (TPSA) is 55.1 Å². The minimum Gasteiger partial charge on any atom is -0.477 e. The Hall–Kier alpha value is -2.10. The van der Waals surface area contributed by atoms with E-state index in [-0.39, 0.29) is 5.69 Å². The van der Waals surface area contributed by atoms with Gasteiger partial charge in [-0.3, -0.25) is 4.68 Å². The van der Waals surface area contributed by atoms with Crippen LogP contribution in [0.15, 0.2) is 30.3 Å². The number of hydrogen-bond donors (Lipinski definition) is 1. The van der Waals surface area contributed by atoms with Crippen LogP contribution in [0.25, 0.3) is 11.3 Å². The number of aryl methyl sites for hydroxylation is 2. The van der Waals surface area contributed by atoms with Crippen LogP contribution in [0.1, 0.15) is 16.1 Å². The molecule has 0 atom stereocenters. The Morgan fingerprint density at radius 3 is 2.44 bits per heavy atom. The number of benzene rings is 1. The van der Waals surface area contributed by atoms with Crippen LogP contribution in [0, 0.1) is 6.92 Å². The van der Waals surface area contributed by atoms with Crippen molar-refractivity contribution < 1.29 is 9.90 Å². The molecule has 0 saturated carbocycles. The molecule has 0 aliphatic carbocycles. The fourth-order valence-corrected chi connectivity index (χ4v) is 1.53. The van der Waals surface area contributed by atoms with Gasteiger partial charge in [-0.2, -0.15) is 5.10 Å². The Morgan fingerprint density at radius 2 is 1.94 bits per heavy atom. The summed E-state index contributed by atoms with van der Waals surface area (Å²) >= 11 is 0. The highest BCUT2D eigenvalue weighted by molar-refractivity contribution is 5.87. The lowest BCUT2D eigenvalue weighted by Crippen LogP contribution is -2.04. The second-order valence-electron chi connectivity index (χ2n) is 3.71. The summed E-state index contributed by atoms with van der Waals surface area (Å²) in [5.41, 5.74) is 2.96. The predicted molar refractivity (Wildman–Crippen MR) is 60.3 cm³/mol. The van der Waals surface area contributed by atoms with Crippen LogP contribution >= 0.6 is 0 Å². The molecule has 0 saturated heterocycles. The normalized spacial score (nSPS) is 10.4. The third-order valence-corrected chi connectivity index (χ3v) is 2.45. The number of carbonyl (C=O) groups is 1. The molecule has 4 nitrogen and oxygen atoms in total. The number of carboxylic acids is 1. The molecule has 1 aromatic heterocycles. The van der Waals surface area contributed by atoms with Gasteiger partial charge in [0.1, 0.15) is 5.69 Å². The summed E-state index contributed by atoms with van der Waals surface area (Å²) in [5, 5.41) is 13.1. The summed E-state index contributed by atoms with van der Waals surface area (Å²) in [5.74, 6) is -0.964. The maximum absolute atomic E-state index is 10.9. The Kier molecular flexibility index (Phi) is 2.48. The Labute approximate surface area is 93.1 Å². The van der Waals surface area contributed by atoms with Gasteiger partial charge in [0.05, 0.1) is 5.69 Å². The van der Waals surface area contributed by atoms with Gasteiger partial charge < -0.3 is 5.11 Å². The van der Waals surface area contributed by atoms with E-state index >= 15 is 0 Å². The van der Waals surface area contributed by atoms with Crippen molar-refractivity contribution >= 4 is 5.97 Å². The molecule has 0 spiro atoms. The smallest absolute Gasteiger partial charge is 0.354 e. The van der Waals surface area contributed by atoms with Crippen molar-refractivity contribution in [3.63, 3.8) is 0 Å². The molecular formula is C12H12N2O2. The van der Waals surface area contributed by atoms with E-state index in [0.29, 0.717) is 5.69 Å². The van der Waals surface area contributed by atoms with Gasteiger partial charge in [-0.05, 0) is 13.0 Å². The average molecular weight is 216 g/mol. The van der Waals surface area contributed by atoms with E-state index in [4.69, 9.17) is 5.11 Å². The summed E-state index contributed by atoms with van der Waals surface area (Å²) in [4.78, 5) is 10.9. The lowest BCUT2D eigenvalue weighted by molar-refractivity contribution is 0.0685. The van der Waals surface area contributed by atoms with Gasteiger partial charge in [-0.1, -0.05) is 29.8 Å². The second kappa shape index (κ2) is 3.81. The van der Waals surface area contributed by atoms with Gasteiger partial charge in [0, 0.05) is 12.6 Å². The van der Waals surface area contributed by atoms with Gasteiger partial charge in [-0.25, -0.2) is 4.79 Å². The largest absolute Gasteiger partial charge is 0.477 e. The molecule has 4 heteroatoms. The van der Waals surface area contributed by atoms with Crippen molar-refractivity contribution in [2.75, 3.05) is 0 Å². The van der Waals surface area contributed by atoms with E-state index in [9.17, 15) is 4.79 Å². The zero-order valence-corrected chi connectivity index (χ0v) is 9.14. The number of carboxylic acid groups (broad SMARTS) is 1. The number of rotatable bonds is 2. The Balaban J connectivity index is 2.45. The molecule has 0 unspecified atom stereocenters. The first kappa shape index (κ1) is 10.4. The summed E-state index contributed by atoms with van der Waals surface area (Å²) in [6, 6.07) is 9.40. The molecule has 0 fully saturated rings. The molecule has 16 heavy (non-hydrogen) atoms. The van der Waals surface area contributed by atoms with E-state index in [1.54, 1.807) is 13.1 Å². The molecule has 1 N–H and O–H groups in total. The van der Waals surface area contributed by atoms with Crippen LogP contribution in [0.3, 0.4) is 0 Å². The van der Waals surface area contributed by atoms with Crippen molar-refractivity contribution in [1.82, 2.24) is 9.78 Å². The molecule has 0 amide bonds. The minimum atomic E-state index is -0.964. The summed E-state index contributed by atoms with van der Waals surface area (Å²) < 4.78 is 1.37. The van der Waals surface area contributed by atoms with Crippen molar-refractivity contribution in [2.24, 2.45) is 7.05 Å². The maximum Gasteiger partial charge on any atom is 0.354 e. The molecular weight excluding hydrogens is 204 g/mol. The van der Waals surface area contributed by atoms with E-state index in [2.05, 4.69) is 5.10 Å². The van der Waals surface area contributed by atoms with Crippen molar-refractivity contribution in [3.05, 3.63) is 41.6 Å². The molecule has 1 heterocycles. The number of nitrogens with zero attached hydrogens (tertiary/aromatic N) is 2. The maximum atomic E-state index is 10.9. The van der Waals surface area contributed by atoms with E-state index in [1.165, 1.54) is 4.68 Å². The molecule has 2 rings (SSSR count). The van der Waals surface area contributed by atoms with Crippen LogP contribution in [-0.2, 0) is 7.05 Å². The van der Waals surface area contributed by atoms with Crippen LogP contribution in [0.4, 0.5) is 0 Å². The highest BCUT2D eigenvalue weighted by Crippen LogP contribution is 2.19. The first-order chi connectivity index (χ1) is 7.58. The lowest BCUT2D eigenvalue weighted by atomic mass is 10.1. The summed E-state index contributed by atoms with van der Waals surface area (Å²) in [7, 11) is 1.63. The first-order valence-electron chi connectivity index (χ1n) is 4.92. The van der Waals surface area contributed by atoms with Gasteiger partial charge in [0.25, 0.3) is 0 Å². The van der Waals surface area contributed by atoms with Crippen LogP contribution in [0.5, 0.6) is 0 Å². The Bertz CT molecular complexity index is 526. The Morgan fingerprint density at radius 1 is 1.31 bits per heavy atom. The quantitative estimate of drug-likeness (QED) is 0.836. The minimum absolute atomic E-state index is 0.190. The second-order valence-corrected chi connectivity index (χ2v) is 3.71.